The maximum Gasteiger partial charge on any atom is 0.0899 e. The molecule has 2 atom stereocenters. The van der Waals surface area contributed by atoms with Crippen LogP contribution in [0.5, 0.6) is 0 Å². The van der Waals surface area contributed by atoms with Crippen LogP contribution in [0.2, 0.25) is 0 Å². The molecule has 1 nitrogen and oxygen atoms in total. The molecule has 1 aliphatic carbocycles. The Morgan fingerprint density at radius 1 is 1.29 bits per heavy atom. The highest BCUT2D eigenvalue weighted by Gasteiger charge is 2.33. The molecule has 1 fully saturated rings. The van der Waals surface area contributed by atoms with Crippen LogP contribution in [0.3, 0.4) is 0 Å². The van der Waals surface area contributed by atoms with Crippen LogP contribution in [0.1, 0.15) is 38.2 Å². The van der Waals surface area contributed by atoms with Crippen molar-refractivity contribution in [3.05, 3.63) is 35.9 Å². The molecule has 0 aromatic heterocycles. The Morgan fingerprint density at radius 2 is 2.00 bits per heavy atom. The highest BCUT2D eigenvalue weighted by Crippen LogP contribution is 2.39. The highest BCUT2D eigenvalue weighted by molar-refractivity contribution is 5.22. The normalized spacial score (nSPS) is 32.9. The van der Waals surface area contributed by atoms with E-state index < -0.39 is 5.60 Å². The molecule has 0 bridgehead atoms. The minimum atomic E-state index is -0.557. The third-order valence-electron chi connectivity index (χ3n) is 3.28. The Bertz CT molecular complexity index is 293. The van der Waals surface area contributed by atoms with E-state index >= 15 is 0 Å². The van der Waals surface area contributed by atoms with Gasteiger partial charge in [-0.15, -0.1) is 0 Å². The molecule has 2 rings (SSSR count). The topological polar surface area (TPSA) is 20.2 Å². The molecule has 1 aromatic carbocycles. The van der Waals surface area contributed by atoms with Crippen LogP contribution < -0.4 is 0 Å². The number of hydrogen-bond acceptors (Lipinski definition) is 1. The van der Waals surface area contributed by atoms with Crippen LogP contribution in [0, 0.1) is 5.92 Å². The van der Waals surface area contributed by atoms with Crippen molar-refractivity contribution < 1.29 is 5.11 Å². The van der Waals surface area contributed by atoms with Crippen molar-refractivity contribution in [1.82, 2.24) is 0 Å². The van der Waals surface area contributed by atoms with Gasteiger partial charge in [0.25, 0.3) is 0 Å². The van der Waals surface area contributed by atoms with Gasteiger partial charge in [0.05, 0.1) is 5.60 Å². The van der Waals surface area contributed by atoms with Gasteiger partial charge in [-0.2, -0.15) is 0 Å². The third-order valence-corrected chi connectivity index (χ3v) is 3.28. The Labute approximate surface area is 85.8 Å². The molecule has 1 saturated carbocycles. The smallest absolute Gasteiger partial charge is 0.0899 e. The molecule has 14 heavy (non-hydrogen) atoms. The second-order valence-corrected chi connectivity index (χ2v) is 4.60. The molecule has 0 unspecified atom stereocenters. The molecule has 76 valence electrons. The second-order valence-electron chi connectivity index (χ2n) is 4.60. The van der Waals surface area contributed by atoms with Crippen LogP contribution >= 0.6 is 0 Å². The van der Waals surface area contributed by atoms with Crippen molar-refractivity contribution in [2.75, 3.05) is 0 Å². The summed E-state index contributed by atoms with van der Waals surface area (Å²) in [5.41, 5.74) is 0.533. The third kappa shape index (κ3) is 1.83. The summed E-state index contributed by atoms with van der Waals surface area (Å²) in [7, 11) is 0. The molecule has 1 aromatic rings. The molecule has 0 amide bonds. The zero-order valence-electron chi connectivity index (χ0n) is 8.74. The largest absolute Gasteiger partial charge is 0.385 e. The summed E-state index contributed by atoms with van der Waals surface area (Å²) < 4.78 is 0. The van der Waals surface area contributed by atoms with Crippen LogP contribution in [0.25, 0.3) is 0 Å². The lowest BCUT2D eigenvalue weighted by Crippen LogP contribution is -2.31. The van der Waals surface area contributed by atoms with Crippen molar-refractivity contribution in [3.8, 4) is 0 Å². The van der Waals surface area contributed by atoms with E-state index in [2.05, 4.69) is 6.92 Å². The van der Waals surface area contributed by atoms with Crippen molar-refractivity contribution in [2.24, 2.45) is 5.92 Å². The SMILES string of the molecule is C[C@H]1CCC[C@](O)(c2ccccc2)C1. The summed E-state index contributed by atoms with van der Waals surface area (Å²) >= 11 is 0. The quantitative estimate of drug-likeness (QED) is 0.721. The van der Waals surface area contributed by atoms with E-state index in [1.807, 2.05) is 30.3 Å². The second kappa shape index (κ2) is 3.74. The molecule has 0 aliphatic heterocycles. The van der Waals surface area contributed by atoms with E-state index in [0.717, 1.165) is 24.8 Å². The monoisotopic (exact) mass is 190 g/mol. The van der Waals surface area contributed by atoms with Crippen LogP contribution in [0.4, 0.5) is 0 Å². The summed E-state index contributed by atoms with van der Waals surface area (Å²) in [5.74, 6) is 0.647. The fraction of sp³-hybridized carbons (Fsp3) is 0.538. The van der Waals surface area contributed by atoms with E-state index in [1.54, 1.807) is 0 Å². The van der Waals surface area contributed by atoms with Crippen molar-refractivity contribution in [2.45, 2.75) is 38.2 Å². The standard InChI is InChI=1S/C13H18O/c1-11-6-5-9-13(14,10-11)12-7-3-2-4-8-12/h2-4,7-8,11,14H,5-6,9-10H2,1H3/t11-,13+/m0/s1. The Morgan fingerprint density at radius 3 is 2.64 bits per heavy atom. The molecule has 0 spiro atoms. The van der Waals surface area contributed by atoms with Gasteiger partial charge in [0.15, 0.2) is 0 Å². The van der Waals surface area contributed by atoms with E-state index in [4.69, 9.17) is 0 Å². The molecular weight excluding hydrogens is 172 g/mol. The van der Waals surface area contributed by atoms with E-state index in [-0.39, 0.29) is 0 Å². The van der Waals surface area contributed by atoms with Crippen LogP contribution in [-0.4, -0.2) is 5.11 Å². The zero-order chi connectivity index (χ0) is 10.0. The number of benzene rings is 1. The average molecular weight is 190 g/mol. The molecule has 0 saturated heterocycles. The van der Waals surface area contributed by atoms with Crippen molar-refractivity contribution >= 4 is 0 Å². The summed E-state index contributed by atoms with van der Waals surface area (Å²) in [5, 5.41) is 10.5. The van der Waals surface area contributed by atoms with Crippen LogP contribution in [0.15, 0.2) is 30.3 Å². The predicted octanol–water partition coefficient (Wildman–Crippen LogP) is 3.08. The zero-order valence-corrected chi connectivity index (χ0v) is 8.74. The first-order valence-electron chi connectivity index (χ1n) is 5.49. The number of aliphatic hydroxyl groups is 1. The first-order valence-corrected chi connectivity index (χ1v) is 5.49. The summed E-state index contributed by atoms with van der Waals surface area (Å²) in [6, 6.07) is 10.1. The molecule has 1 N–H and O–H groups in total. The van der Waals surface area contributed by atoms with Gasteiger partial charge < -0.3 is 5.11 Å². The Kier molecular flexibility index (Phi) is 2.60. The van der Waals surface area contributed by atoms with Gasteiger partial charge in [-0.05, 0) is 30.7 Å². The van der Waals surface area contributed by atoms with Gasteiger partial charge >= 0.3 is 0 Å². The maximum atomic E-state index is 10.5. The molecule has 0 radical (unpaired) electrons. The van der Waals surface area contributed by atoms with Gasteiger partial charge in [0.1, 0.15) is 0 Å². The summed E-state index contributed by atoms with van der Waals surface area (Å²) in [6.07, 6.45) is 4.24. The lowest BCUT2D eigenvalue weighted by Gasteiger charge is -2.35. The fourth-order valence-corrected chi connectivity index (χ4v) is 2.53. The number of hydrogen-bond donors (Lipinski definition) is 1. The molecule has 0 heterocycles. The first-order chi connectivity index (χ1) is 6.71. The molecule has 1 aliphatic rings. The fourth-order valence-electron chi connectivity index (χ4n) is 2.53. The predicted molar refractivity (Wildman–Crippen MR) is 58.0 cm³/mol. The van der Waals surface area contributed by atoms with Gasteiger partial charge in [0, 0.05) is 0 Å². The first kappa shape index (κ1) is 9.72. The summed E-state index contributed by atoms with van der Waals surface area (Å²) in [4.78, 5) is 0. The Hall–Kier alpha value is -0.820. The van der Waals surface area contributed by atoms with E-state index in [9.17, 15) is 5.11 Å². The minimum absolute atomic E-state index is 0.557. The van der Waals surface area contributed by atoms with Gasteiger partial charge in [0.2, 0.25) is 0 Å². The lowest BCUT2D eigenvalue weighted by atomic mass is 9.75. The molecular formula is C13H18O. The van der Waals surface area contributed by atoms with Crippen LogP contribution in [-0.2, 0) is 5.60 Å². The van der Waals surface area contributed by atoms with E-state index in [1.165, 1.54) is 6.42 Å². The van der Waals surface area contributed by atoms with Gasteiger partial charge in [-0.1, -0.05) is 43.7 Å². The average Bonchev–Trinajstić information content (AvgIpc) is 2.19. The van der Waals surface area contributed by atoms with Gasteiger partial charge in [-0.25, -0.2) is 0 Å². The summed E-state index contributed by atoms with van der Waals surface area (Å²) in [6.45, 7) is 2.23. The van der Waals surface area contributed by atoms with Crippen molar-refractivity contribution in [3.63, 3.8) is 0 Å². The highest BCUT2D eigenvalue weighted by atomic mass is 16.3. The lowest BCUT2D eigenvalue weighted by molar-refractivity contribution is -0.0178. The number of rotatable bonds is 1. The van der Waals surface area contributed by atoms with Gasteiger partial charge in [-0.3, -0.25) is 0 Å². The Balaban J connectivity index is 2.23. The van der Waals surface area contributed by atoms with Crippen molar-refractivity contribution in [1.29, 1.82) is 0 Å². The minimum Gasteiger partial charge on any atom is -0.385 e. The van der Waals surface area contributed by atoms with E-state index in [0.29, 0.717) is 5.92 Å². The maximum absolute atomic E-state index is 10.5. The molecule has 1 heteroatoms.